The summed E-state index contributed by atoms with van der Waals surface area (Å²) in [5, 5.41) is 7.16. The number of carbonyl (C=O) groups excluding carboxylic acids is 1. The van der Waals surface area contributed by atoms with Gasteiger partial charge in [-0.05, 0) is 19.3 Å². The van der Waals surface area contributed by atoms with Crippen LogP contribution in [0.25, 0.3) is 0 Å². The van der Waals surface area contributed by atoms with Crippen molar-refractivity contribution < 1.29 is 4.79 Å². The zero-order chi connectivity index (χ0) is 13.0. The molecule has 0 bridgehead atoms. The number of aromatic nitrogens is 2. The lowest BCUT2D eigenvalue weighted by atomic mass is 10.0. The van der Waals surface area contributed by atoms with Gasteiger partial charge in [-0.15, -0.1) is 0 Å². The Morgan fingerprint density at radius 3 is 2.89 bits per heavy atom. The molecule has 1 amide bonds. The van der Waals surface area contributed by atoms with Gasteiger partial charge in [-0.1, -0.05) is 25.7 Å². The zero-order valence-corrected chi connectivity index (χ0v) is 11.4. The number of hydrogen-bond donors (Lipinski definition) is 1. The number of carbonyl (C=O) groups is 1. The minimum absolute atomic E-state index is 0.0507. The van der Waals surface area contributed by atoms with Gasteiger partial charge in [0.15, 0.2) is 0 Å². The monoisotopic (exact) mass is 249 g/mol. The summed E-state index contributed by atoms with van der Waals surface area (Å²) in [6, 6.07) is 0.0507. The molecule has 1 heterocycles. The number of aryl methyl sites for hydroxylation is 1. The van der Waals surface area contributed by atoms with Gasteiger partial charge in [0.25, 0.3) is 0 Å². The van der Waals surface area contributed by atoms with E-state index in [1.807, 2.05) is 26.4 Å². The molecule has 1 atom stereocenters. The van der Waals surface area contributed by atoms with Crippen molar-refractivity contribution in [2.24, 2.45) is 13.0 Å². The predicted molar refractivity (Wildman–Crippen MR) is 71.0 cm³/mol. The Kier molecular flexibility index (Phi) is 4.39. The Bertz CT molecular complexity index is 393. The van der Waals surface area contributed by atoms with Crippen LogP contribution in [0.15, 0.2) is 12.4 Å². The second-order valence-electron chi connectivity index (χ2n) is 5.43. The maximum Gasteiger partial charge on any atom is 0.220 e. The maximum atomic E-state index is 11.9. The summed E-state index contributed by atoms with van der Waals surface area (Å²) >= 11 is 0. The standard InChI is InChI=1S/C14H23N3O/c1-11(13-9-15-17(2)10-13)16-14(18)8-7-12-5-3-4-6-12/h9-12H,3-8H2,1-2H3,(H,16,18)/t11-/m0/s1. The van der Waals surface area contributed by atoms with Crippen molar-refractivity contribution in [2.75, 3.05) is 0 Å². The molecule has 0 spiro atoms. The van der Waals surface area contributed by atoms with E-state index in [2.05, 4.69) is 10.4 Å². The number of rotatable bonds is 5. The lowest BCUT2D eigenvalue weighted by Gasteiger charge is -2.13. The third kappa shape index (κ3) is 3.59. The fraction of sp³-hybridized carbons (Fsp3) is 0.714. The topological polar surface area (TPSA) is 46.9 Å². The van der Waals surface area contributed by atoms with Crippen LogP contribution in [0.3, 0.4) is 0 Å². The molecule has 1 aromatic rings. The van der Waals surface area contributed by atoms with Crippen LogP contribution >= 0.6 is 0 Å². The van der Waals surface area contributed by atoms with Crippen molar-refractivity contribution in [3.63, 3.8) is 0 Å². The SMILES string of the molecule is C[C@H](NC(=O)CCC1CCCC1)c1cnn(C)c1. The Hall–Kier alpha value is -1.32. The third-order valence-corrected chi connectivity index (χ3v) is 3.86. The Labute approximate surface area is 109 Å². The minimum Gasteiger partial charge on any atom is -0.349 e. The van der Waals surface area contributed by atoms with Gasteiger partial charge in [0.1, 0.15) is 0 Å². The Morgan fingerprint density at radius 2 is 2.28 bits per heavy atom. The van der Waals surface area contributed by atoms with Crippen LogP contribution < -0.4 is 5.32 Å². The largest absolute Gasteiger partial charge is 0.349 e. The van der Waals surface area contributed by atoms with Crippen LogP contribution in [-0.4, -0.2) is 15.7 Å². The van der Waals surface area contributed by atoms with E-state index in [-0.39, 0.29) is 11.9 Å². The highest BCUT2D eigenvalue weighted by atomic mass is 16.1. The van der Waals surface area contributed by atoms with Crippen LogP contribution in [0.2, 0.25) is 0 Å². The van der Waals surface area contributed by atoms with E-state index in [4.69, 9.17) is 0 Å². The quantitative estimate of drug-likeness (QED) is 0.871. The third-order valence-electron chi connectivity index (χ3n) is 3.86. The first-order chi connectivity index (χ1) is 8.65. The average Bonchev–Trinajstić information content (AvgIpc) is 2.97. The highest BCUT2D eigenvalue weighted by Gasteiger charge is 2.17. The van der Waals surface area contributed by atoms with Gasteiger partial charge in [-0.25, -0.2) is 0 Å². The van der Waals surface area contributed by atoms with Crippen molar-refractivity contribution in [2.45, 2.75) is 51.5 Å². The summed E-state index contributed by atoms with van der Waals surface area (Å²) in [4.78, 5) is 11.9. The molecule has 1 fully saturated rings. The van der Waals surface area contributed by atoms with Gasteiger partial charge in [0.2, 0.25) is 5.91 Å². The second kappa shape index (κ2) is 6.03. The molecule has 0 unspecified atom stereocenters. The minimum atomic E-state index is 0.0507. The van der Waals surface area contributed by atoms with Gasteiger partial charge in [-0.3, -0.25) is 9.48 Å². The second-order valence-corrected chi connectivity index (χ2v) is 5.43. The summed E-state index contributed by atoms with van der Waals surface area (Å²) < 4.78 is 1.76. The van der Waals surface area contributed by atoms with Gasteiger partial charge >= 0.3 is 0 Å². The molecule has 0 aromatic carbocycles. The number of hydrogen-bond acceptors (Lipinski definition) is 2. The molecule has 0 saturated heterocycles. The molecule has 1 aliphatic rings. The van der Waals surface area contributed by atoms with Crippen LogP contribution in [0.4, 0.5) is 0 Å². The maximum absolute atomic E-state index is 11.9. The van der Waals surface area contributed by atoms with Gasteiger partial charge in [0.05, 0.1) is 12.2 Å². The molecule has 1 aliphatic carbocycles. The summed E-state index contributed by atoms with van der Waals surface area (Å²) in [5.74, 6) is 0.947. The van der Waals surface area contributed by atoms with E-state index >= 15 is 0 Å². The summed E-state index contributed by atoms with van der Waals surface area (Å²) in [7, 11) is 1.89. The van der Waals surface area contributed by atoms with E-state index in [9.17, 15) is 4.79 Å². The van der Waals surface area contributed by atoms with Gasteiger partial charge in [0, 0.05) is 25.2 Å². The van der Waals surface area contributed by atoms with Gasteiger partial charge in [-0.2, -0.15) is 5.10 Å². The first kappa shape index (κ1) is 13.1. The first-order valence-electron chi connectivity index (χ1n) is 6.93. The van der Waals surface area contributed by atoms with E-state index in [1.54, 1.807) is 4.68 Å². The first-order valence-corrected chi connectivity index (χ1v) is 6.93. The van der Waals surface area contributed by atoms with Crippen LogP contribution in [-0.2, 0) is 11.8 Å². The van der Waals surface area contributed by atoms with Crippen molar-refractivity contribution in [1.82, 2.24) is 15.1 Å². The molecular weight excluding hydrogens is 226 g/mol. The molecule has 2 rings (SSSR count). The van der Waals surface area contributed by atoms with Crippen molar-refractivity contribution in [3.05, 3.63) is 18.0 Å². The van der Waals surface area contributed by atoms with Gasteiger partial charge < -0.3 is 5.32 Å². The van der Waals surface area contributed by atoms with Crippen molar-refractivity contribution in [3.8, 4) is 0 Å². The van der Waals surface area contributed by atoms with Crippen molar-refractivity contribution in [1.29, 1.82) is 0 Å². The normalized spacial score (nSPS) is 17.9. The van der Waals surface area contributed by atoms with Crippen LogP contribution in [0, 0.1) is 5.92 Å². The summed E-state index contributed by atoms with van der Waals surface area (Å²) in [6.45, 7) is 2.00. The fourth-order valence-electron chi connectivity index (χ4n) is 2.69. The number of nitrogens with one attached hydrogen (secondary N) is 1. The van der Waals surface area contributed by atoms with Crippen LogP contribution in [0.1, 0.15) is 57.1 Å². The van der Waals surface area contributed by atoms with E-state index in [0.29, 0.717) is 6.42 Å². The Balaban J connectivity index is 1.73. The average molecular weight is 249 g/mol. The molecule has 4 nitrogen and oxygen atoms in total. The molecule has 18 heavy (non-hydrogen) atoms. The van der Waals surface area contributed by atoms with Crippen molar-refractivity contribution >= 4 is 5.91 Å². The Morgan fingerprint density at radius 1 is 1.56 bits per heavy atom. The molecular formula is C14H23N3O. The molecule has 1 saturated carbocycles. The van der Waals surface area contributed by atoms with E-state index in [1.165, 1.54) is 25.7 Å². The van der Waals surface area contributed by atoms with E-state index in [0.717, 1.165) is 17.9 Å². The van der Waals surface area contributed by atoms with Crippen LogP contribution in [0.5, 0.6) is 0 Å². The number of nitrogens with zero attached hydrogens (tertiary/aromatic N) is 2. The molecule has 100 valence electrons. The lowest BCUT2D eigenvalue weighted by molar-refractivity contribution is -0.122. The highest BCUT2D eigenvalue weighted by Crippen LogP contribution is 2.28. The van der Waals surface area contributed by atoms with E-state index < -0.39 is 0 Å². The molecule has 4 heteroatoms. The fourth-order valence-corrected chi connectivity index (χ4v) is 2.69. The zero-order valence-electron chi connectivity index (χ0n) is 11.4. The smallest absolute Gasteiger partial charge is 0.220 e. The molecule has 0 aliphatic heterocycles. The highest BCUT2D eigenvalue weighted by molar-refractivity contribution is 5.76. The number of amides is 1. The molecule has 1 aromatic heterocycles. The lowest BCUT2D eigenvalue weighted by Crippen LogP contribution is -2.26. The predicted octanol–water partition coefficient (Wildman–Crippen LogP) is 2.57. The summed E-state index contributed by atoms with van der Waals surface area (Å²) in [6.07, 6.45) is 10.8. The molecule has 0 radical (unpaired) electrons. The summed E-state index contributed by atoms with van der Waals surface area (Å²) in [5.41, 5.74) is 1.06. The molecule has 1 N–H and O–H groups in total.